The van der Waals surface area contributed by atoms with E-state index in [4.69, 9.17) is 0 Å². The second kappa shape index (κ2) is 7.86. The van der Waals surface area contributed by atoms with E-state index in [1.807, 2.05) is 11.6 Å². The fourth-order valence-electron chi connectivity index (χ4n) is 2.16. The molecule has 0 amide bonds. The van der Waals surface area contributed by atoms with E-state index in [1.54, 1.807) is 24.7 Å². The molecule has 0 aliphatic heterocycles. The summed E-state index contributed by atoms with van der Waals surface area (Å²) in [4.78, 5) is 6.12. The summed E-state index contributed by atoms with van der Waals surface area (Å²) in [6.07, 6.45) is 3.51. The highest BCUT2D eigenvalue weighted by molar-refractivity contribution is 5.27. The summed E-state index contributed by atoms with van der Waals surface area (Å²) in [5.74, 6) is 0.138. The number of benzene rings is 1. The second-order valence-electron chi connectivity index (χ2n) is 4.95. The van der Waals surface area contributed by atoms with Crippen LogP contribution in [0.2, 0.25) is 0 Å². The number of alkyl halides is 2. The predicted molar refractivity (Wildman–Crippen MR) is 77.5 cm³/mol. The van der Waals surface area contributed by atoms with Crippen molar-refractivity contribution in [2.75, 3.05) is 13.2 Å². The number of hydrogen-bond acceptors (Lipinski definition) is 4. The topological polar surface area (TPSA) is 50.5 Å². The van der Waals surface area contributed by atoms with Crippen LogP contribution in [0.4, 0.5) is 8.78 Å². The average Bonchev–Trinajstić information content (AvgIpc) is 2.86. The molecule has 0 unspecified atom stereocenters. The van der Waals surface area contributed by atoms with Crippen molar-refractivity contribution in [1.29, 1.82) is 0 Å². The first kappa shape index (κ1) is 16.4. The standard InChI is InChI=1S/C15H19F2N3O2/c1-19-11-18-8-13(19)10-20(6-7-21)9-12-2-4-14(5-3-12)22-15(16)17/h2-5,8,11,15,21H,6-7,9-10H2,1H3. The van der Waals surface area contributed by atoms with Crippen molar-refractivity contribution in [3.63, 3.8) is 0 Å². The lowest BCUT2D eigenvalue weighted by Crippen LogP contribution is -2.27. The van der Waals surface area contributed by atoms with E-state index in [2.05, 4.69) is 14.6 Å². The van der Waals surface area contributed by atoms with Gasteiger partial charge in [-0.2, -0.15) is 8.78 Å². The third-order valence-corrected chi connectivity index (χ3v) is 3.27. The molecule has 2 aromatic rings. The predicted octanol–water partition coefficient (Wildman–Crippen LogP) is 2.02. The van der Waals surface area contributed by atoms with E-state index in [9.17, 15) is 13.9 Å². The number of nitrogens with zero attached hydrogens (tertiary/aromatic N) is 3. The molecule has 0 atom stereocenters. The minimum Gasteiger partial charge on any atom is -0.435 e. The van der Waals surface area contributed by atoms with E-state index in [0.29, 0.717) is 19.6 Å². The largest absolute Gasteiger partial charge is 0.435 e. The first-order valence-electron chi connectivity index (χ1n) is 6.90. The van der Waals surface area contributed by atoms with Crippen LogP contribution in [0.1, 0.15) is 11.3 Å². The van der Waals surface area contributed by atoms with Crippen molar-refractivity contribution in [1.82, 2.24) is 14.5 Å². The fraction of sp³-hybridized carbons (Fsp3) is 0.400. The van der Waals surface area contributed by atoms with Crippen LogP contribution in [0, 0.1) is 0 Å². The molecule has 1 aromatic heterocycles. The van der Waals surface area contributed by atoms with E-state index < -0.39 is 6.61 Å². The van der Waals surface area contributed by atoms with Gasteiger partial charge in [-0.15, -0.1) is 0 Å². The molecular formula is C15H19F2N3O2. The van der Waals surface area contributed by atoms with Crippen LogP contribution in [0.15, 0.2) is 36.8 Å². The van der Waals surface area contributed by atoms with E-state index >= 15 is 0 Å². The fourth-order valence-corrected chi connectivity index (χ4v) is 2.16. The molecule has 0 saturated carbocycles. The summed E-state index contributed by atoms with van der Waals surface area (Å²) < 4.78 is 30.5. The van der Waals surface area contributed by atoms with Crippen molar-refractivity contribution in [3.05, 3.63) is 48.0 Å². The zero-order valence-electron chi connectivity index (χ0n) is 12.3. The molecule has 1 heterocycles. The van der Waals surface area contributed by atoms with Crippen LogP contribution >= 0.6 is 0 Å². The lowest BCUT2D eigenvalue weighted by Gasteiger charge is -2.21. The molecule has 0 bridgehead atoms. The zero-order chi connectivity index (χ0) is 15.9. The maximum atomic E-state index is 12.1. The summed E-state index contributed by atoms with van der Waals surface area (Å²) in [7, 11) is 1.91. The molecule has 0 aliphatic rings. The van der Waals surface area contributed by atoms with Gasteiger partial charge in [-0.25, -0.2) is 4.98 Å². The van der Waals surface area contributed by atoms with Gasteiger partial charge in [0.1, 0.15) is 5.75 Å². The third-order valence-electron chi connectivity index (χ3n) is 3.27. The Balaban J connectivity index is 1.99. The number of aliphatic hydroxyl groups excluding tert-OH is 1. The molecular weight excluding hydrogens is 292 g/mol. The van der Waals surface area contributed by atoms with Crippen molar-refractivity contribution in [3.8, 4) is 5.75 Å². The quantitative estimate of drug-likeness (QED) is 0.810. The minimum atomic E-state index is -2.82. The number of aliphatic hydroxyl groups is 1. The molecule has 0 radical (unpaired) electrons. The monoisotopic (exact) mass is 311 g/mol. The average molecular weight is 311 g/mol. The van der Waals surface area contributed by atoms with Gasteiger partial charge < -0.3 is 14.4 Å². The molecule has 2 rings (SSSR count). The molecule has 1 N–H and O–H groups in total. The van der Waals surface area contributed by atoms with Crippen molar-refractivity contribution >= 4 is 0 Å². The molecule has 0 saturated heterocycles. The maximum Gasteiger partial charge on any atom is 0.387 e. The summed E-state index contributed by atoms with van der Waals surface area (Å²) in [5, 5.41) is 9.19. The Bertz CT molecular complexity index is 572. The Labute approximate surface area is 127 Å². The lowest BCUT2D eigenvalue weighted by atomic mass is 10.2. The Morgan fingerprint density at radius 1 is 1.27 bits per heavy atom. The highest BCUT2D eigenvalue weighted by Crippen LogP contribution is 2.16. The first-order chi connectivity index (χ1) is 10.6. The van der Waals surface area contributed by atoms with E-state index in [1.165, 1.54) is 12.1 Å². The van der Waals surface area contributed by atoms with Crippen molar-refractivity contribution in [2.24, 2.45) is 7.05 Å². The summed E-state index contributed by atoms with van der Waals surface area (Å²) in [5.41, 5.74) is 1.99. The summed E-state index contributed by atoms with van der Waals surface area (Å²) in [6.45, 7) is -1.01. The first-order valence-corrected chi connectivity index (χ1v) is 6.90. The van der Waals surface area contributed by atoms with Crippen LogP contribution in [-0.2, 0) is 20.1 Å². The molecule has 0 aliphatic carbocycles. The number of ether oxygens (including phenoxy) is 1. The van der Waals surface area contributed by atoms with Crippen LogP contribution in [0.5, 0.6) is 5.75 Å². The Morgan fingerprint density at radius 3 is 2.55 bits per heavy atom. The molecule has 120 valence electrons. The van der Waals surface area contributed by atoms with Crippen LogP contribution in [-0.4, -0.2) is 39.3 Å². The summed E-state index contributed by atoms with van der Waals surface area (Å²) >= 11 is 0. The van der Waals surface area contributed by atoms with Crippen LogP contribution in [0.3, 0.4) is 0 Å². The Morgan fingerprint density at radius 2 is 2.00 bits per heavy atom. The van der Waals surface area contributed by atoms with Gasteiger partial charge in [0.05, 0.1) is 18.6 Å². The molecule has 1 aromatic carbocycles. The van der Waals surface area contributed by atoms with Crippen LogP contribution in [0.25, 0.3) is 0 Å². The van der Waals surface area contributed by atoms with Gasteiger partial charge in [-0.1, -0.05) is 12.1 Å². The van der Waals surface area contributed by atoms with E-state index in [-0.39, 0.29) is 12.4 Å². The number of aryl methyl sites for hydroxylation is 1. The van der Waals surface area contributed by atoms with Crippen molar-refractivity contribution in [2.45, 2.75) is 19.7 Å². The molecule has 0 spiro atoms. The zero-order valence-corrected chi connectivity index (χ0v) is 12.3. The highest BCUT2D eigenvalue weighted by atomic mass is 19.3. The van der Waals surface area contributed by atoms with Gasteiger partial charge in [0, 0.05) is 32.9 Å². The van der Waals surface area contributed by atoms with Crippen LogP contribution < -0.4 is 4.74 Å². The van der Waals surface area contributed by atoms with Crippen molar-refractivity contribution < 1.29 is 18.6 Å². The molecule has 5 nitrogen and oxygen atoms in total. The van der Waals surface area contributed by atoms with Gasteiger partial charge >= 0.3 is 6.61 Å². The second-order valence-corrected chi connectivity index (χ2v) is 4.95. The number of hydrogen-bond donors (Lipinski definition) is 1. The number of imidazole rings is 1. The van der Waals surface area contributed by atoms with Gasteiger partial charge in [0.2, 0.25) is 0 Å². The third kappa shape index (κ3) is 4.78. The minimum absolute atomic E-state index is 0.0461. The van der Waals surface area contributed by atoms with Gasteiger partial charge in [0.15, 0.2) is 0 Å². The smallest absolute Gasteiger partial charge is 0.387 e. The number of halogens is 2. The Hall–Kier alpha value is -1.99. The number of rotatable bonds is 8. The van der Waals surface area contributed by atoms with Gasteiger partial charge in [-0.05, 0) is 17.7 Å². The maximum absolute atomic E-state index is 12.1. The molecule has 7 heteroatoms. The highest BCUT2D eigenvalue weighted by Gasteiger charge is 2.10. The lowest BCUT2D eigenvalue weighted by molar-refractivity contribution is -0.0498. The SMILES string of the molecule is Cn1cncc1CN(CCO)Cc1ccc(OC(F)F)cc1. The molecule has 22 heavy (non-hydrogen) atoms. The van der Waals surface area contributed by atoms with Gasteiger partial charge in [0.25, 0.3) is 0 Å². The van der Waals surface area contributed by atoms with Gasteiger partial charge in [-0.3, -0.25) is 4.90 Å². The summed E-state index contributed by atoms with van der Waals surface area (Å²) in [6, 6.07) is 6.52. The molecule has 0 fully saturated rings. The normalized spacial score (nSPS) is 11.4. The number of aromatic nitrogens is 2. The van der Waals surface area contributed by atoms with E-state index in [0.717, 1.165) is 11.3 Å². The Kier molecular flexibility index (Phi) is 5.85.